The standard InChI is InChI=1S/C8H12N4O/c1-6-7(3-4-13-10-2)11-5-12-8(6)9/h3-5,10H,1-2H3,(H2,9,11,12)/b4-3+. The van der Waals surface area contributed by atoms with Gasteiger partial charge in [0.2, 0.25) is 0 Å². The number of nitrogens with two attached hydrogens (primary N) is 1. The molecule has 0 aliphatic rings. The molecule has 0 unspecified atom stereocenters. The van der Waals surface area contributed by atoms with E-state index in [1.807, 2.05) is 6.92 Å². The van der Waals surface area contributed by atoms with Gasteiger partial charge in [-0.3, -0.25) is 0 Å². The minimum absolute atomic E-state index is 0.485. The van der Waals surface area contributed by atoms with E-state index in [0.717, 1.165) is 11.3 Å². The molecule has 0 aromatic carbocycles. The van der Waals surface area contributed by atoms with Crippen LogP contribution < -0.4 is 11.2 Å². The van der Waals surface area contributed by atoms with Gasteiger partial charge >= 0.3 is 0 Å². The molecule has 5 heteroatoms. The predicted molar refractivity (Wildman–Crippen MR) is 50.4 cm³/mol. The molecule has 0 saturated heterocycles. The first-order valence-electron chi connectivity index (χ1n) is 3.81. The highest BCUT2D eigenvalue weighted by atomic mass is 16.6. The molecule has 0 atom stereocenters. The van der Waals surface area contributed by atoms with Gasteiger partial charge in [-0.1, -0.05) is 0 Å². The first-order valence-corrected chi connectivity index (χ1v) is 3.81. The number of anilines is 1. The SMILES string of the molecule is CNO/C=C/c1ncnc(N)c1C. The van der Waals surface area contributed by atoms with Crippen LogP contribution in [0.1, 0.15) is 11.3 Å². The Kier molecular flexibility index (Phi) is 3.22. The minimum atomic E-state index is 0.485. The maximum absolute atomic E-state index is 5.58. The molecule has 13 heavy (non-hydrogen) atoms. The van der Waals surface area contributed by atoms with Crippen molar-refractivity contribution in [2.24, 2.45) is 0 Å². The summed E-state index contributed by atoms with van der Waals surface area (Å²) >= 11 is 0. The van der Waals surface area contributed by atoms with Crippen molar-refractivity contribution in [2.75, 3.05) is 12.8 Å². The third kappa shape index (κ3) is 2.41. The predicted octanol–water partition coefficient (Wildman–Crippen LogP) is 0.489. The Labute approximate surface area is 76.6 Å². The summed E-state index contributed by atoms with van der Waals surface area (Å²) < 4.78 is 0. The highest BCUT2D eigenvalue weighted by molar-refractivity contribution is 5.54. The third-order valence-corrected chi connectivity index (χ3v) is 1.57. The Hall–Kier alpha value is -1.62. The van der Waals surface area contributed by atoms with E-state index >= 15 is 0 Å². The van der Waals surface area contributed by atoms with E-state index in [-0.39, 0.29) is 0 Å². The summed E-state index contributed by atoms with van der Waals surface area (Å²) in [6, 6.07) is 0. The maximum Gasteiger partial charge on any atom is 0.130 e. The summed E-state index contributed by atoms with van der Waals surface area (Å²) in [5.74, 6) is 0.485. The van der Waals surface area contributed by atoms with Gasteiger partial charge in [0, 0.05) is 18.7 Å². The molecule has 1 aromatic rings. The molecule has 0 spiro atoms. The molecule has 1 heterocycles. The van der Waals surface area contributed by atoms with Crippen LogP contribution in [0, 0.1) is 6.92 Å². The fourth-order valence-corrected chi connectivity index (χ4v) is 0.813. The van der Waals surface area contributed by atoms with E-state index in [1.54, 1.807) is 13.1 Å². The quantitative estimate of drug-likeness (QED) is 0.523. The van der Waals surface area contributed by atoms with E-state index < -0.39 is 0 Å². The number of nitrogen functional groups attached to an aromatic ring is 1. The molecule has 1 aromatic heterocycles. The zero-order chi connectivity index (χ0) is 9.68. The fourth-order valence-electron chi connectivity index (χ4n) is 0.813. The second-order valence-corrected chi connectivity index (χ2v) is 2.39. The van der Waals surface area contributed by atoms with Crippen molar-refractivity contribution in [3.8, 4) is 0 Å². The van der Waals surface area contributed by atoms with Crippen molar-refractivity contribution in [1.29, 1.82) is 0 Å². The Bertz CT molecular complexity index is 311. The van der Waals surface area contributed by atoms with Gasteiger partial charge in [0.15, 0.2) is 0 Å². The maximum atomic E-state index is 5.58. The van der Waals surface area contributed by atoms with Crippen LogP contribution in [0.5, 0.6) is 0 Å². The van der Waals surface area contributed by atoms with Gasteiger partial charge in [-0.15, -0.1) is 0 Å². The molecule has 0 bridgehead atoms. The number of nitrogens with zero attached hydrogens (tertiary/aromatic N) is 2. The second-order valence-electron chi connectivity index (χ2n) is 2.39. The monoisotopic (exact) mass is 180 g/mol. The minimum Gasteiger partial charge on any atom is -0.417 e. The number of hydrogen-bond donors (Lipinski definition) is 2. The van der Waals surface area contributed by atoms with Crippen LogP contribution in [0.25, 0.3) is 6.08 Å². The van der Waals surface area contributed by atoms with E-state index in [0.29, 0.717) is 5.82 Å². The lowest BCUT2D eigenvalue weighted by Gasteiger charge is -2.01. The van der Waals surface area contributed by atoms with Crippen LogP contribution in [0.2, 0.25) is 0 Å². The normalized spacial score (nSPS) is 10.6. The summed E-state index contributed by atoms with van der Waals surface area (Å²) in [6.45, 7) is 1.86. The number of hydroxylamine groups is 1. The molecule has 0 amide bonds. The van der Waals surface area contributed by atoms with Gasteiger partial charge in [0.1, 0.15) is 18.4 Å². The molecule has 5 nitrogen and oxygen atoms in total. The van der Waals surface area contributed by atoms with Crippen LogP contribution in [0.4, 0.5) is 5.82 Å². The zero-order valence-corrected chi connectivity index (χ0v) is 7.61. The lowest BCUT2D eigenvalue weighted by atomic mass is 10.2. The molecule has 0 aliphatic heterocycles. The first-order chi connectivity index (χ1) is 6.25. The lowest BCUT2D eigenvalue weighted by molar-refractivity contribution is 0.161. The average molecular weight is 180 g/mol. The summed E-state index contributed by atoms with van der Waals surface area (Å²) in [5.41, 5.74) is 9.69. The number of hydrogen-bond acceptors (Lipinski definition) is 5. The summed E-state index contributed by atoms with van der Waals surface area (Å²) in [6.07, 6.45) is 4.63. The molecule has 0 aliphatic carbocycles. The number of aromatic nitrogens is 2. The number of nitrogens with one attached hydrogen (secondary N) is 1. The Morgan fingerprint density at radius 1 is 1.54 bits per heavy atom. The number of rotatable bonds is 3. The highest BCUT2D eigenvalue weighted by Crippen LogP contribution is 2.10. The topological polar surface area (TPSA) is 73.1 Å². The smallest absolute Gasteiger partial charge is 0.130 e. The molecular formula is C8H12N4O. The summed E-state index contributed by atoms with van der Waals surface area (Å²) in [7, 11) is 1.67. The van der Waals surface area contributed by atoms with Gasteiger partial charge in [-0.05, 0) is 6.92 Å². The third-order valence-electron chi connectivity index (χ3n) is 1.57. The molecule has 0 fully saturated rings. The van der Waals surface area contributed by atoms with Crippen molar-refractivity contribution in [2.45, 2.75) is 6.92 Å². The van der Waals surface area contributed by atoms with Crippen molar-refractivity contribution in [3.05, 3.63) is 23.8 Å². The second kappa shape index (κ2) is 4.42. The van der Waals surface area contributed by atoms with Crippen molar-refractivity contribution in [3.63, 3.8) is 0 Å². The van der Waals surface area contributed by atoms with E-state index in [4.69, 9.17) is 10.6 Å². The van der Waals surface area contributed by atoms with Crippen LogP contribution in [0.15, 0.2) is 12.6 Å². The van der Waals surface area contributed by atoms with Gasteiger partial charge in [-0.25, -0.2) is 9.97 Å². The van der Waals surface area contributed by atoms with Crippen molar-refractivity contribution >= 4 is 11.9 Å². The molecule has 0 saturated carbocycles. The molecule has 0 radical (unpaired) electrons. The van der Waals surface area contributed by atoms with Crippen LogP contribution in [-0.2, 0) is 4.84 Å². The fraction of sp³-hybridized carbons (Fsp3) is 0.250. The van der Waals surface area contributed by atoms with E-state index in [9.17, 15) is 0 Å². The van der Waals surface area contributed by atoms with Gasteiger partial charge < -0.3 is 10.6 Å². The molecule has 3 N–H and O–H groups in total. The Balaban J connectivity index is 2.83. The lowest BCUT2D eigenvalue weighted by Crippen LogP contribution is -2.01. The van der Waals surface area contributed by atoms with Crippen molar-refractivity contribution in [1.82, 2.24) is 15.4 Å². The van der Waals surface area contributed by atoms with Crippen LogP contribution in [-0.4, -0.2) is 17.0 Å². The zero-order valence-electron chi connectivity index (χ0n) is 7.61. The molecular weight excluding hydrogens is 168 g/mol. The van der Waals surface area contributed by atoms with Gasteiger partial charge in [0.05, 0.1) is 5.69 Å². The van der Waals surface area contributed by atoms with Gasteiger partial charge in [0.25, 0.3) is 0 Å². The highest BCUT2D eigenvalue weighted by Gasteiger charge is 1.99. The van der Waals surface area contributed by atoms with Crippen LogP contribution >= 0.6 is 0 Å². The van der Waals surface area contributed by atoms with Crippen molar-refractivity contribution < 1.29 is 4.84 Å². The first kappa shape index (κ1) is 9.47. The van der Waals surface area contributed by atoms with Gasteiger partial charge in [-0.2, -0.15) is 5.48 Å². The van der Waals surface area contributed by atoms with Crippen LogP contribution in [0.3, 0.4) is 0 Å². The molecule has 1 rings (SSSR count). The Morgan fingerprint density at radius 3 is 3.00 bits per heavy atom. The average Bonchev–Trinajstić information content (AvgIpc) is 2.13. The molecule has 70 valence electrons. The summed E-state index contributed by atoms with van der Waals surface area (Å²) in [4.78, 5) is 12.7. The largest absolute Gasteiger partial charge is 0.417 e. The summed E-state index contributed by atoms with van der Waals surface area (Å²) in [5, 5.41) is 0. The Morgan fingerprint density at radius 2 is 2.31 bits per heavy atom. The van der Waals surface area contributed by atoms with E-state index in [1.165, 1.54) is 12.6 Å². The van der Waals surface area contributed by atoms with E-state index in [2.05, 4.69) is 15.4 Å².